The summed E-state index contributed by atoms with van der Waals surface area (Å²) in [5.74, 6) is 0.578. The van der Waals surface area contributed by atoms with Crippen LogP contribution in [0.4, 0.5) is 0 Å². The Bertz CT molecular complexity index is 340. The molecule has 0 amide bonds. The predicted molar refractivity (Wildman–Crippen MR) is 45.9 cm³/mol. The number of furan rings is 1. The Morgan fingerprint density at radius 3 is 3.15 bits per heavy atom. The summed E-state index contributed by atoms with van der Waals surface area (Å²) in [6, 6.07) is 3.51. The predicted octanol–water partition coefficient (Wildman–Crippen LogP) is 1.21. The third kappa shape index (κ3) is 1.78. The monoisotopic (exact) mass is 178 g/mol. The molecule has 13 heavy (non-hydrogen) atoms. The van der Waals surface area contributed by atoms with E-state index in [2.05, 4.69) is 4.98 Å². The van der Waals surface area contributed by atoms with Gasteiger partial charge in [0.15, 0.2) is 0 Å². The van der Waals surface area contributed by atoms with Crippen molar-refractivity contribution in [2.24, 2.45) is 0 Å². The highest BCUT2D eigenvalue weighted by atomic mass is 16.4. The summed E-state index contributed by atoms with van der Waals surface area (Å²) in [7, 11) is 0. The van der Waals surface area contributed by atoms with Crippen LogP contribution in [0.5, 0.6) is 0 Å². The lowest BCUT2D eigenvalue weighted by Gasteiger charge is -2.07. The number of aliphatic hydroxyl groups is 1. The maximum absolute atomic E-state index is 9.64. The van der Waals surface area contributed by atoms with Crippen molar-refractivity contribution in [2.75, 3.05) is 0 Å². The van der Waals surface area contributed by atoms with Gasteiger partial charge in [-0.25, -0.2) is 4.98 Å². The van der Waals surface area contributed by atoms with E-state index in [9.17, 15) is 5.11 Å². The maximum Gasteiger partial charge on any atom is 0.134 e. The first-order valence-corrected chi connectivity index (χ1v) is 4.03. The zero-order valence-corrected chi connectivity index (χ0v) is 7.00. The van der Waals surface area contributed by atoms with Crippen molar-refractivity contribution in [3.63, 3.8) is 0 Å². The summed E-state index contributed by atoms with van der Waals surface area (Å²) in [5, 5.41) is 9.64. The largest absolute Gasteiger partial charge is 0.467 e. The van der Waals surface area contributed by atoms with E-state index in [1.165, 1.54) is 0 Å². The van der Waals surface area contributed by atoms with Gasteiger partial charge in [0.05, 0.1) is 19.1 Å². The van der Waals surface area contributed by atoms with E-state index in [4.69, 9.17) is 4.42 Å². The normalized spacial score (nSPS) is 13.0. The van der Waals surface area contributed by atoms with Crippen molar-refractivity contribution in [3.05, 3.63) is 42.9 Å². The summed E-state index contributed by atoms with van der Waals surface area (Å²) >= 11 is 0. The SMILES string of the molecule is OC(Cn1ccnc1)c1ccco1. The Kier molecular flexibility index (Phi) is 2.14. The Labute approximate surface area is 75.4 Å². The van der Waals surface area contributed by atoms with Gasteiger partial charge < -0.3 is 14.1 Å². The molecule has 2 rings (SSSR count). The molecule has 1 unspecified atom stereocenters. The molecule has 0 spiro atoms. The molecule has 2 heterocycles. The lowest BCUT2D eigenvalue weighted by Crippen LogP contribution is -2.05. The van der Waals surface area contributed by atoms with Crippen LogP contribution in [0.2, 0.25) is 0 Å². The first-order chi connectivity index (χ1) is 6.36. The molecule has 0 radical (unpaired) electrons. The van der Waals surface area contributed by atoms with Gasteiger partial charge in [-0.15, -0.1) is 0 Å². The topological polar surface area (TPSA) is 51.2 Å². The van der Waals surface area contributed by atoms with Crippen LogP contribution < -0.4 is 0 Å². The summed E-state index contributed by atoms with van der Waals surface area (Å²) in [5.41, 5.74) is 0. The van der Waals surface area contributed by atoms with Crippen molar-refractivity contribution in [1.29, 1.82) is 0 Å². The van der Waals surface area contributed by atoms with E-state index >= 15 is 0 Å². The molecule has 0 saturated carbocycles. The van der Waals surface area contributed by atoms with Crippen molar-refractivity contribution in [3.8, 4) is 0 Å². The maximum atomic E-state index is 9.64. The molecule has 0 fully saturated rings. The highest BCUT2D eigenvalue weighted by Crippen LogP contribution is 2.14. The zero-order valence-electron chi connectivity index (χ0n) is 7.00. The molecular formula is C9H10N2O2. The molecule has 4 nitrogen and oxygen atoms in total. The number of aromatic nitrogens is 2. The van der Waals surface area contributed by atoms with Crippen molar-refractivity contribution in [2.45, 2.75) is 12.6 Å². The van der Waals surface area contributed by atoms with Gasteiger partial charge >= 0.3 is 0 Å². The fourth-order valence-electron chi connectivity index (χ4n) is 1.17. The molecule has 0 aliphatic rings. The van der Waals surface area contributed by atoms with Crippen LogP contribution in [0.25, 0.3) is 0 Å². The van der Waals surface area contributed by atoms with Gasteiger partial charge in [-0.3, -0.25) is 0 Å². The zero-order chi connectivity index (χ0) is 9.10. The first-order valence-electron chi connectivity index (χ1n) is 4.03. The van der Waals surface area contributed by atoms with Gasteiger partial charge in [0.25, 0.3) is 0 Å². The minimum atomic E-state index is -0.607. The Balaban J connectivity index is 2.04. The molecule has 1 N–H and O–H groups in total. The van der Waals surface area contributed by atoms with Gasteiger partial charge in [-0.05, 0) is 12.1 Å². The van der Waals surface area contributed by atoms with E-state index < -0.39 is 6.10 Å². The molecule has 68 valence electrons. The minimum absolute atomic E-state index is 0.466. The average Bonchev–Trinajstić information content (AvgIpc) is 2.74. The molecule has 0 aromatic carbocycles. The Morgan fingerprint density at radius 1 is 1.62 bits per heavy atom. The molecule has 0 saturated heterocycles. The molecular weight excluding hydrogens is 168 g/mol. The second-order valence-electron chi connectivity index (χ2n) is 2.79. The Hall–Kier alpha value is -1.55. The van der Waals surface area contributed by atoms with E-state index in [-0.39, 0.29) is 0 Å². The third-order valence-corrected chi connectivity index (χ3v) is 1.81. The molecule has 0 aliphatic heterocycles. The van der Waals surface area contributed by atoms with Crippen molar-refractivity contribution >= 4 is 0 Å². The van der Waals surface area contributed by atoms with Crippen LogP contribution in [-0.2, 0) is 6.54 Å². The van der Waals surface area contributed by atoms with E-state index in [0.717, 1.165) is 0 Å². The van der Waals surface area contributed by atoms with Gasteiger partial charge in [0, 0.05) is 12.4 Å². The molecule has 2 aromatic rings. The Morgan fingerprint density at radius 2 is 2.54 bits per heavy atom. The van der Waals surface area contributed by atoms with Gasteiger partial charge in [0.1, 0.15) is 11.9 Å². The molecule has 1 atom stereocenters. The van der Waals surface area contributed by atoms with Crippen molar-refractivity contribution in [1.82, 2.24) is 9.55 Å². The van der Waals surface area contributed by atoms with Crippen LogP contribution in [0.1, 0.15) is 11.9 Å². The number of aliphatic hydroxyl groups excluding tert-OH is 1. The van der Waals surface area contributed by atoms with Gasteiger partial charge in [-0.2, -0.15) is 0 Å². The molecule has 0 bridgehead atoms. The average molecular weight is 178 g/mol. The van der Waals surface area contributed by atoms with Crippen LogP contribution in [0.3, 0.4) is 0 Å². The number of rotatable bonds is 3. The fourth-order valence-corrected chi connectivity index (χ4v) is 1.17. The third-order valence-electron chi connectivity index (χ3n) is 1.81. The summed E-state index contributed by atoms with van der Waals surface area (Å²) < 4.78 is 6.86. The second-order valence-corrected chi connectivity index (χ2v) is 2.79. The van der Waals surface area contributed by atoms with E-state index in [1.807, 2.05) is 0 Å². The minimum Gasteiger partial charge on any atom is -0.467 e. The van der Waals surface area contributed by atoms with Gasteiger partial charge in [0.2, 0.25) is 0 Å². The number of hydrogen-bond donors (Lipinski definition) is 1. The number of hydrogen-bond acceptors (Lipinski definition) is 3. The second kappa shape index (κ2) is 3.45. The van der Waals surface area contributed by atoms with Gasteiger partial charge in [-0.1, -0.05) is 0 Å². The summed E-state index contributed by atoms with van der Waals surface area (Å²) in [6.45, 7) is 0.466. The van der Waals surface area contributed by atoms with Crippen LogP contribution in [-0.4, -0.2) is 14.7 Å². The first kappa shape index (κ1) is 8.07. The lowest BCUT2D eigenvalue weighted by molar-refractivity contribution is 0.130. The highest BCUT2D eigenvalue weighted by molar-refractivity contribution is 5.01. The molecule has 0 aliphatic carbocycles. The number of nitrogens with zero attached hydrogens (tertiary/aromatic N) is 2. The lowest BCUT2D eigenvalue weighted by atomic mass is 10.3. The van der Waals surface area contributed by atoms with E-state index in [0.29, 0.717) is 12.3 Å². The quantitative estimate of drug-likeness (QED) is 0.768. The van der Waals surface area contributed by atoms with Crippen molar-refractivity contribution < 1.29 is 9.52 Å². The van der Waals surface area contributed by atoms with Crippen LogP contribution in [0, 0.1) is 0 Å². The molecule has 4 heteroatoms. The summed E-state index contributed by atoms with van der Waals surface area (Å²) in [6.07, 6.45) is 6.07. The smallest absolute Gasteiger partial charge is 0.134 e. The van der Waals surface area contributed by atoms with Crippen LogP contribution >= 0.6 is 0 Å². The molecule has 2 aromatic heterocycles. The van der Waals surface area contributed by atoms with E-state index in [1.54, 1.807) is 41.7 Å². The standard InChI is InChI=1S/C9H10N2O2/c12-8(9-2-1-5-13-9)6-11-4-3-10-7-11/h1-5,7-8,12H,6H2. The fraction of sp³-hybridized carbons (Fsp3) is 0.222. The number of imidazole rings is 1. The highest BCUT2D eigenvalue weighted by Gasteiger charge is 2.09. The summed E-state index contributed by atoms with van der Waals surface area (Å²) in [4.78, 5) is 3.88. The van der Waals surface area contributed by atoms with Crippen LogP contribution in [0.15, 0.2) is 41.5 Å².